The second kappa shape index (κ2) is 8.59. The van der Waals surface area contributed by atoms with E-state index in [1.807, 2.05) is 37.3 Å². The van der Waals surface area contributed by atoms with E-state index in [4.69, 9.17) is 16.1 Å². The number of aryl methyl sites for hydroxylation is 2. The van der Waals surface area contributed by atoms with Gasteiger partial charge >= 0.3 is 0 Å². The summed E-state index contributed by atoms with van der Waals surface area (Å²) in [4.78, 5) is 12.9. The lowest BCUT2D eigenvalue weighted by atomic mass is 10.1. The highest BCUT2D eigenvalue weighted by Gasteiger charge is 2.19. The van der Waals surface area contributed by atoms with Gasteiger partial charge in [-0.25, -0.2) is 0 Å². The summed E-state index contributed by atoms with van der Waals surface area (Å²) in [7, 11) is 0. The van der Waals surface area contributed by atoms with Gasteiger partial charge in [-0.3, -0.25) is 4.79 Å². The van der Waals surface area contributed by atoms with E-state index < -0.39 is 0 Å². The maximum Gasteiger partial charge on any atom is 0.277 e. The van der Waals surface area contributed by atoms with Crippen molar-refractivity contribution in [2.75, 3.05) is 5.32 Å². The number of hydrogen-bond donors (Lipinski definition) is 1. The molecule has 1 N–H and O–H groups in total. The Bertz CT molecular complexity index is 1290. The molecule has 1 amide bonds. The summed E-state index contributed by atoms with van der Waals surface area (Å²) in [5.41, 5.74) is 3.52. The summed E-state index contributed by atoms with van der Waals surface area (Å²) < 4.78 is 7.55. The Hall–Kier alpha value is -3.45. The normalized spacial score (nSPS) is 13.4. The molecule has 0 radical (unpaired) electrons. The van der Waals surface area contributed by atoms with Crippen molar-refractivity contribution in [1.82, 2.24) is 19.9 Å². The molecular formula is C24H22ClN5O2. The highest BCUT2D eigenvalue weighted by molar-refractivity contribution is 6.30. The van der Waals surface area contributed by atoms with Gasteiger partial charge in [0.15, 0.2) is 17.3 Å². The van der Waals surface area contributed by atoms with Gasteiger partial charge in [0.25, 0.3) is 5.91 Å². The fraction of sp³-hybridized carbons (Fsp3) is 0.250. The lowest BCUT2D eigenvalue weighted by Gasteiger charge is -2.11. The van der Waals surface area contributed by atoms with Crippen molar-refractivity contribution in [3.8, 4) is 22.7 Å². The van der Waals surface area contributed by atoms with E-state index in [2.05, 4.69) is 25.2 Å². The molecule has 2 aromatic carbocycles. The van der Waals surface area contributed by atoms with Crippen LogP contribution in [0.5, 0.6) is 0 Å². The molecule has 2 aromatic heterocycles. The molecule has 0 fully saturated rings. The van der Waals surface area contributed by atoms with Crippen molar-refractivity contribution in [1.29, 1.82) is 0 Å². The Morgan fingerprint density at radius 1 is 1.06 bits per heavy atom. The van der Waals surface area contributed by atoms with Crippen LogP contribution in [0, 0.1) is 6.92 Å². The van der Waals surface area contributed by atoms with Gasteiger partial charge < -0.3 is 14.4 Å². The van der Waals surface area contributed by atoms with E-state index in [1.165, 1.54) is 6.42 Å². The minimum Gasteiger partial charge on any atom is -0.355 e. The molecule has 5 rings (SSSR count). The van der Waals surface area contributed by atoms with Gasteiger partial charge in [0.05, 0.1) is 0 Å². The molecule has 0 bridgehead atoms. The number of fused-ring (bicyclic) bond motifs is 1. The Balaban J connectivity index is 1.39. The highest BCUT2D eigenvalue weighted by atomic mass is 35.5. The summed E-state index contributed by atoms with van der Waals surface area (Å²) in [6, 6.07) is 14.7. The van der Waals surface area contributed by atoms with Crippen LogP contribution in [0.3, 0.4) is 0 Å². The average molecular weight is 448 g/mol. The number of rotatable bonds is 4. The predicted molar refractivity (Wildman–Crippen MR) is 123 cm³/mol. The fourth-order valence-electron chi connectivity index (χ4n) is 3.94. The molecule has 0 spiro atoms. The highest BCUT2D eigenvalue weighted by Crippen LogP contribution is 2.28. The van der Waals surface area contributed by atoms with Crippen LogP contribution in [0.25, 0.3) is 22.7 Å². The summed E-state index contributed by atoms with van der Waals surface area (Å²) in [6.45, 7) is 2.86. The molecule has 7 nitrogen and oxygen atoms in total. The maximum atomic E-state index is 12.9. The SMILES string of the molecule is Cc1ccc(-c2nnc3n2CCCCC3)cc1NC(=O)c1cc(-c2cccc(Cl)c2)on1. The molecule has 4 aromatic rings. The van der Waals surface area contributed by atoms with Crippen molar-refractivity contribution >= 4 is 23.2 Å². The smallest absolute Gasteiger partial charge is 0.277 e. The summed E-state index contributed by atoms with van der Waals surface area (Å²) in [5, 5.41) is 16.3. The molecule has 8 heteroatoms. The van der Waals surface area contributed by atoms with E-state index in [0.717, 1.165) is 54.1 Å². The molecular weight excluding hydrogens is 426 g/mol. The first-order valence-electron chi connectivity index (χ1n) is 10.7. The zero-order chi connectivity index (χ0) is 22.1. The molecule has 162 valence electrons. The minimum absolute atomic E-state index is 0.195. The van der Waals surface area contributed by atoms with Crippen molar-refractivity contribution in [3.63, 3.8) is 0 Å². The summed E-state index contributed by atoms with van der Waals surface area (Å²) in [5.74, 6) is 2.00. The third-order valence-corrected chi connectivity index (χ3v) is 5.94. The van der Waals surface area contributed by atoms with Crippen molar-refractivity contribution < 1.29 is 9.32 Å². The van der Waals surface area contributed by atoms with Crippen molar-refractivity contribution in [2.45, 2.75) is 39.2 Å². The zero-order valence-corrected chi connectivity index (χ0v) is 18.4. The number of nitrogens with one attached hydrogen (secondary N) is 1. The van der Waals surface area contributed by atoms with Crippen LogP contribution in [0.4, 0.5) is 5.69 Å². The number of hydrogen-bond acceptors (Lipinski definition) is 5. The van der Waals surface area contributed by atoms with Gasteiger partial charge in [-0.1, -0.05) is 47.4 Å². The standard InChI is InChI=1S/C24H22ClN5O2/c1-15-9-10-17(23-28-27-22-8-3-2-4-11-30(22)23)13-19(15)26-24(31)20-14-21(32-29-20)16-6-5-7-18(25)12-16/h5-7,9-10,12-14H,2-4,8,11H2,1H3,(H,26,31). The van der Waals surface area contributed by atoms with Crippen molar-refractivity contribution in [3.05, 3.63) is 70.6 Å². The number of nitrogens with zero attached hydrogens (tertiary/aromatic N) is 4. The molecule has 1 aliphatic rings. The van der Waals surface area contributed by atoms with Crippen molar-refractivity contribution in [2.24, 2.45) is 0 Å². The third-order valence-electron chi connectivity index (χ3n) is 5.71. The quantitative estimate of drug-likeness (QED) is 0.443. The Kier molecular flexibility index (Phi) is 5.49. The van der Waals surface area contributed by atoms with E-state index in [9.17, 15) is 4.79 Å². The number of carbonyl (C=O) groups excluding carboxylic acids is 1. The molecule has 3 heterocycles. The largest absolute Gasteiger partial charge is 0.355 e. The Morgan fingerprint density at radius 3 is 2.84 bits per heavy atom. The molecule has 0 saturated heterocycles. The fourth-order valence-corrected chi connectivity index (χ4v) is 4.13. The van der Waals surface area contributed by atoms with E-state index in [0.29, 0.717) is 16.5 Å². The molecule has 0 aliphatic carbocycles. The molecule has 0 unspecified atom stereocenters. The average Bonchev–Trinajstić information content (AvgIpc) is 3.37. The summed E-state index contributed by atoms with van der Waals surface area (Å²) >= 11 is 6.05. The number of carbonyl (C=O) groups is 1. The van der Waals surface area contributed by atoms with Crippen LogP contribution in [0.1, 0.15) is 41.1 Å². The molecule has 0 saturated carbocycles. The lowest BCUT2D eigenvalue weighted by molar-refractivity contribution is 0.101. The van der Waals surface area contributed by atoms with Gasteiger partial charge in [0.2, 0.25) is 0 Å². The number of anilines is 1. The molecule has 0 atom stereocenters. The first-order chi connectivity index (χ1) is 15.6. The zero-order valence-electron chi connectivity index (χ0n) is 17.6. The van der Waals surface area contributed by atoms with Gasteiger partial charge in [-0.15, -0.1) is 10.2 Å². The molecule has 32 heavy (non-hydrogen) atoms. The van der Waals surface area contributed by atoms with Gasteiger partial charge in [-0.05, 0) is 43.5 Å². The van der Waals surface area contributed by atoms with Crippen LogP contribution < -0.4 is 5.32 Å². The number of benzene rings is 2. The van der Waals surface area contributed by atoms with Gasteiger partial charge in [0, 0.05) is 40.9 Å². The first kappa shape index (κ1) is 20.5. The van der Waals surface area contributed by atoms with Crippen LogP contribution in [0.15, 0.2) is 53.1 Å². The monoisotopic (exact) mass is 447 g/mol. The predicted octanol–water partition coefficient (Wildman–Crippen LogP) is 5.54. The second-order valence-electron chi connectivity index (χ2n) is 7.97. The Morgan fingerprint density at radius 2 is 1.97 bits per heavy atom. The lowest BCUT2D eigenvalue weighted by Crippen LogP contribution is -2.13. The molecule has 1 aliphatic heterocycles. The third kappa shape index (κ3) is 4.03. The number of halogens is 1. The van der Waals surface area contributed by atoms with Gasteiger partial charge in [-0.2, -0.15) is 0 Å². The van der Waals surface area contributed by atoms with E-state index in [1.54, 1.807) is 18.2 Å². The minimum atomic E-state index is -0.345. The van der Waals surface area contributed by atoms with E-state index >= 15 is 0 Å². The van der Waals surface area contributed by atoms with Crippen LogP contribution in [-0.2, 0) is 13.0 Å². The van der Waals surface area contributed by atoms with Gasteiger partial charge in [0.1, 0.15) is 5.82 Å². The van der Waals surface area contributed by atoms with Crippen LogP contribution in [-0.4, -0.2) is 25.8 Å². The maximum absolute atomic E-state index is 12.9. The van der Waals surface area contributed by atoms with Crippen LogP contribution in [0.2, 0.25) is 5.02 Å². The van der Waals surface area contributed by atoms with E-state index in [-0.39, 0.29) is 11.6 Å². The second-order valence-corrected chi connectivity index (χ2v) is 8.41. The number of aromatic nitrogens is 4. The number of amides is 1. The Labute approximate surface area is 190 Å². The topological polar surface area (TPSA) is 85.8 Å². The van der Waals surface area contributed by atoms with Crippen LogP contribution >= 0.6 is 11.6 Å². The summed E-state index contributed by atoms with van der Waals surface area (Å²) in [6.07, 6.45) is 4.41. The first-order valence-corrected chi connectivity index (χ1v) is 11.0.